The van der Waals surface area contributed by atoms with Crippen molar-refractivity contribution in [2.45, 2.75) is 6.92 Å². The quantitative estimate of drug-likeness (QED) is 0.463. The summed E-state index contributed by atoms with van der Waals surface area (Å²) in [7, 11) is 1.25. The fourth-order valence-electron chi connectivity index (χ4n) is 2.81. The van der Waals surface area contributed by atoms with Crippen molar-refractivity contribution >= 4 is 34.8 Å². The number of esters is 1. The molecule has 0 fully saturated rings. The van der Waals surface area contributed by atoms with Crippen LogP contribution in [0.4, 0.5) is 17.1 Å². The average Bonchev–Trinajstić information content (AvgIpc) is 2.70. The second-order valence-corrected chi connectivity index (χ2v) is 6.25. The maximum absolute atomic E-state index is 12.6. The molecule has 0 saturated heterocycles. The zero-order chi connectivity index (χ0) is 21.1. The fourth-order valence-corrected chi connectivity index (χ4v) is 2.81. The van der Waals surface area contributed by atoms with Crippen LogP contribution in [0.25, 0.3) is 0 Å². The van der Waals surface area contributed by atoms with Crippen LogP contribution in [0.1, 0.15) is 15.9 Å². The van der Waals surface area contributed by atoms with E-state index >= 15 is 0 Å². The van der Waals surface area contributed by atoms with E-state index in [1.807, 2.05) is 0 Å². The molecule has 1 aliphatic rings. The van der Waals surface area contributed by atoms with Gasteiger partial charge in [0.05, 0.1) is 23.3 Å². The van der Waals surface area contributed by atoms with E-state index in [-0.39, 0.29) is 35.8 Å². The molecule has 1 N–H and O–H groups in total. The number of nitrogens with zero attached hydrogens (tertiary/aromatic N) is 2. The predicted molar refractivity (Wildman–Crippen MR) is 102 cm³/mol. The Morgan fingerprint density at radius 3 is 2.72 bits per heavy atom. The molecular formula is C19H17N3O7. The highest BCUT2D eigenvalue weighted by Gasteiger charge is 2.29. The molecule has 0 aliphatic carbocycles. The summed E-state index contributed by atoms with van der Waals surface area (Å²) in [5.74, 6) is -1.33. The van der Waals surface area contributed by atoms with Crippen molar-refractivity contribution in [1.82, 2.24) is 0 Å². The van der Waals surface area contributed by atoms with Gasteiger partial charge in [-0.05, 0) is 30.7 Å². The SMILES string of the molecule is COC(=O)c1ccc(C)c(NC(=O)CN2C(=O)COc3ccc([N+](=O)[O-])cc32)c1. The zero-order valence-electron chi connectivity index (χ0n) is 15.6. The second kappa shape index (κ2) is 7.97. The van der Waals surface area contributed by atoms with Gasteiger partial charge in [0.2, 0.25) is 5.91 Å². The van der Waals surface area contributed by atoms with Crippen LogP contribution in [-0.4, -0.2) is 43.0 Å². The summed E-state index contributed by atoms with van der Waals surface area (Å²) in [5, 5.41) is 13.7. The van der Waals surface area contributed by atoms with Crippen LogP contribution in [-0.2, 0) is 14.3 Å². The molecule has 10 heteroatoms. The number of carbonyl (C=O) groups excluding carboxylic acids is 3. The summed E-state index contributed by atoms with van der Waals surface area (Å²) in [6.07, 6.45) is 0. The van der Waals surface area contributed by atoms with Gasteiger partial charge in [-0.15, -0.1) is 0 Å². The Labute approximate surface area is 165 Å². The van der Waals surface area contributed by atoms with Gasteiger partial charge in [0.15, 0.2) is 6.61 Å². The van der Waals surface area contributed by atoms with Gasteiger partial charge in [0.25, 0.3) is 11.6 Å². The Kier molecular flexibility index (Phi) is 5.44. The molecule has 0 atom stereocenters. The number of nitrogens with one attached hydrogen (secondary N) is 1. The van der Waals surface area contributed by atoms with Gasteiger partial charge in [-0.2, -0.15) is 0 Å². The molecule has 0 spiro atoms. The van der Waals surface area contributed by atoms with E-state index in [1.54, 1.807) is 19.1 Å². The number of hydrogen-bond acceptors (Lipinski definition) is 7. The lowest BCUT2D eigenvalue weighted by Gasteiger charge is -2.28. The lowest BCUT2D eigenvalue weighted by Crippen LogP contribution is -2.43. The van der Waals surface area contributed by atoms with E-state index in [9.17, 15) is 24.5 Å². The van der Waals surface area contributed by atoms with Gasteiger partial charge < -0.3 is 14.8 Å². The molecule has 2 aromatic carbocycles. The minimum Gasteiger partial charge on any atom is -0.482 e. The molecule has 3 rings (SSSR count). The Morgan fingerprint density at radius 2 is 2.03 bits per heavy atom. The van der Waals surface area contributed by atoms with Crippen LogP contribution in [0.2, 0.25) is 0 Å². The first-order chi connectivity index (χ1) is 13.8. The van der Waals surface area contributed by atoms with Crippen LogP contribution < -0.4 is 15.0 Å². The number of hydrogen-bond donors (Lipinski definition) is 1. The van der Waals surface area contributed by atoms with E-state index in [4.69, 9.17) is 4.74 Å². The third-order valence-electron chi connectivity index (χ3n) is 4.33. The fraction of sp³-hybridized carbons (Fsp3) is 0.211. The van der Waals surface area contributed by atoms with E-state index < -0.39 is 22.7 Å². The van der Waals surface area contributed by atoms with Crippen LogP contribution >= 0.6 is 0 Å². The predicted octanol–water partition coefficient (Wildman–Crippen LogP) is 2.05. The minimum atomic E-state index is -0.598. The summed E-state index contributed by atoms with van der Waals surface area (Å²) in [6, 6.07) is 8.52. The van der Waals surface area contributed by atoms with Crippen LogP contribution in [0, 0.1) is 17.0 Å². The largest absolute Gasteiger partial charge is 0.482 e. The lowest BCUT2D eigenvalue weighted by molar-refractivity contribution is -0.384. The molecule has 10 nitrogen and oxygen atoms in total. The topological polar surface area (TPSA) is 128 Å². The zero-order valence-corrected chi connectivity index (χ0v) is 15.6. The summed E-state index contributed by atoms with van der Waals surface area (Å²) < 4.78 is 9.95. The van der Waals surface area contributed by atoms with Crippen molar-refractivity contribution in [2.75, 3.05) is 30.5 Å². The molecule has 1 aliphatic heterocycles. The first-order valence-electron chi connectivity index (χ1n) is 8.50. The third kappa shape index (κ3) is 4.15. The number of ether oxygens (including phenoxy) is 2. The lowest BCUT2D eigenvalue weighted by atomic mass is 10.1. The molecule has 0 radical (unpaired) electrons. The normalized spacial score (nSPS) is 12.6. The van der Waals surface area contributed by atoms with E-state index in [2.05, 4.69) is 10.1 Å². The monoisotopic (exact) mass is 399 g/mol. The van der Waals surface area contributed by atoms with Gasteiger partial charge >= 0.3 is 5.97 Å². The molecule has 29 heavy (non-hydrogen) atoms. The molecule has 0 aromatic heterocycles. The molecule has 0 unspecified atom stereocenters. The highest BCUT2D eigenvalue weighted by atomic mass is 16.6. The number of aryl methyl sites for hydroxylation is 1. The Hall–Kier alpha value is -3.95. The Bertz CT molecular complexity index is 1020. The highest BCUT2D eigenvalue weighted by Crippen LogP contribution is 2.35. The summed E-state index contributed by atoms with van der Waals surface area (Å²) in [5.41, 5.74) is 1.27. The van der Waals surface area contributed by atoms with Gasteiger partial charge in [-0.3, -0.25) is 24.6 Å². The van der Waals surface area contributed by atoms with Crippen molar-refractivity contribution in [3.05, 3.63) is 57.6 Å². The van der Waals surface area contributed by atoms with Crippen LogP contribution in [0.3, 0.4) is 0 Å². The number of methoxy groups -OCH3 is 1. The number of benzene rings is 2. The number of fused-ring (bicyclic) bond motifs is 1. The highest BCUT2D eigenvalue weighted by molar-refractivity contribution is 6.05. The number of nitro benzene ring substituents is 1. The summed E-state index contributed by atoms with van der Waals surface area (Å²) >= 11 is 0. The second-order valence-electron chi connectivity index (χ2n) is 6.25. The Morgan fingerprint density at radius 1 is 1.28 bits per heavy atom. The number of nitro groups is 1. The number of amides is 2. The minimum absolute atomic E-state index is 0.144. The summed E-state index contributed by atoms with van der Waals surface area (Å²) in [4.78, 5) is 48.1. The van der Waals surface area contributed by atoms with E-state index in [1.165, 1.54) is 31.4 Å². The maximum Gasteiger partial charge on any atom is 0.337 e. The van der Waals surface area contributed by atoms with Crippen LogP contribution in [0.5, 0.6) is 5.75 Å². The first-order valence-corrected chi connectivity index (χ1v) is 8.50. The standard InChI is InChI=1S/C19H17N3O7/c1-11-3-4-12(19(25)28-2)7-14(11)20-17(23)9-21-15-8-13(22(26)27)5-6-16(15)29-10-18(21)24/h3-8H,9-10H2,1-2H3,(H,20,23). The van der Waals surface area contributed by atoms with E-state index in [0.717, 1.165) is 4.90 Å². The molecule has 0 bridgehead atoms. The third-order valence-corrected chi connectivity index (χ3v) is 4.33. The van der Waals surface area contributed by atoms with Gasteiger partial charge in [-0.1, -0.05) is 6.07 Å². The van der Waals surface area contributed by atoms with E-state index in [0.29, 0.717) is 11.3 Å². The van der Waals surface area contributed by atoms with Crippen molar-refractivity contribution in [2.24, 2.45) is 0 Å². The van der Waals surface area contributed by atoms with Crippen molar-refractivity contribution in [3.8, 4) is 5.75 Å². The number of rotatable bonds is 5. The smallest absolute Gasteiger partial charge is 0.337 e. The summed E-state index contributed by atoms with van der Waals surface area (Å²) in [6.45, 7) is 1.09. The average molecular weight is 399 g/mol. The maximum atomic E-state index is 12.6. The molecular weight excluding hydrogens is 382 g/mol. The van der Waals surface area contributed by atoms with Gasteiger partial charge in [-0.25, -0.2) is 4.79 Å². The number of non-ortho nitro benzene ring substituents is 1. The molecule has 1 heterocycles. The molecule has 2 aromatic rings. The van der Waals surface area contributed by atoms with Crippen LogP contribution in [0.15, 0.2) is 36.4 Å². The van der Waals surface area contributed by atoms with Crippen molar-refractivity contribution in [3.63, 3.8) is 0 Å². The van der Waals surface area contributed by atoms with Gasteiger partial charge in [0, 0.05) is 17.8 Å². The number of anilines is 2. The van der Waals surface area contributed by atoms with Gasteiger partial charge in [0.1, 0.15) is 12.3 Å². The Balaban J connectivity index is 1.83. The molecule has 2 amide bonds. The number of carbonyl (C=O) groups is 3. The van der Waals surface area contributed by atoms with Crippen molar-refractivity contribution in [1.29, 1.82) is 0 Å². The molecule has 0 saturated carbocycles. The first kappa shape index (κ1) is 19.8. The molecule has 150 valence electrons. The van der Waals surface area contributed by atoms with Crippen molar-refractivity contribution < 1.29 is 28.8 Å².